The van der Waals surface area contributed by atoms with E-state index in [1.54, 1.807) is 12.1 Å². The molecule has 0 spiro atoms. The normalized spacial score (nSPS) is 18.9. The van der Waals surface area contributed by atoms with Crippen molar-refractivity contribution in [3.63, 3.8) is 0 Å². The fourth-order valence-electron chi connectivity index (χ4n) is 2.35. The smallest absolute Gasteiger partial charge is 0.335 e. The number of Topliss-reactive ketones (excluding diaryl/α,β-unsaturated/α-hetero) is 1. The molecular formula is C15H16O3. The first-order valence-corrected chi connectivity index (χ1v) is 6.12. The molecule has 1 fully saturated rings. The minimum atomic E-state index is -1.01. The summed E-state index contributed by atoms with van der Waals surface area (Å²) in [6.07, 6.45) is 3.44. The number of rotatable bonds is 4. The van der Waals surface area contributed by atoms with Gasteiger partial charge in [0, 0.05) is 12.3 Å². The van der Waals surface area contributed by atoms with Gasteiger partial charge >= 0.3 is 5.97 Å². The predicted octanol–water partition coefficient (Wildman–Crippen LogP) is 2.70. The van der Waals surface area contributed by atoms with Crippen LogP contribution in [0.1, 0.15) is 30.4 Å². The monoisotopic (exact) mass is 244 g/mol. The molecule has 0 saturated heterocycles. The average molecular weight is 244 g/mol. The zero-order valence-electron chi connectivity index (χ0n) is 10.2. The van der Waals surface area contributed by atoms with Gasteiger partial charge < -0.3 is 5.11 Å². The molecule has 1 atom stereocenters. The Kier molecular flexibility index (Phi) is 3.60. The average Bonchev–Trinajstić information content (AvgIpc) is 2.75. The molecule has 1 aromatic rings. The summed E-state index contributed by atoms with van der Waals surface area (Å²) < 4.78 is 0. The van der Waals surface area contributed by atoms with Crippen LogP contribution in [0.4, 0.5) is 0 Å². The first-order valence-electron chi connectivity index (χ1n) is 6.12. The summed E-state index contributed by atoms with van der Waals surface area (Å²) in [5.74, 6) is -0.499. The van der Waals surface area contributed by atoms with E-state index in [0.29, 0.717) is 17.8 Å². The van der Waals surface area contributed by atoms with E-state index in [-0.39, 0.29) is 11.5 Å². The fraction of sp³-hybridized carbons (Fsp3) is 0.333. The van der Waals surface area contributed by atoms with Crippen LogP contribution < -0.4 is 0 Å². The molecule has 94 valence electrons. The van der Waals surface area contributed by atoms with E-state index in [1.165, 1.54) is 0 Å². The number of benzene rings is 1. The van der Waals surface area contributed by atoms with E-state index < -0.39 is 5.97 Å². The summed E-state index contributed by atoms with van der Waals surface area (Å²) in [5, 5.41) is 8.83. The zero-order valence-corrected chi connectivity index (χ0v) is 10.2. The Balaban J connectivity index is 2.06. The molecular weight excluding hydrogens is 228 g/mol. The lowest BCUT2D eigenvalue weighted by Gasteiger charge is -2.08. The Morgan fingerprint density at radius 1 is 1.33 bits per heavy atom. The summed E-state index contributed by atoms with van der Waals surface area (Å²) >= 11 is 0. The molecule has 18 heavy (non-hydrogen) atoms. The molecule has 3 nitrogen and oxygen atoms in total. The molecule has 0 aliphatic heterocycles. The maximum absolute atomic E-state index is 11.6. The van der Waals surface area contributed by atoms with Crippen molar-refractivity contribution in [1.29, 1.82) is 0 Å². The third-order valence-corrected chi connectivity index (χ3v) is 3.47. The van der Waals surface area contributed by atoms with Crippen LogP contribution in [0.15, 0.2) is 30.8 Å². The number of carboxylic acids is 1. The largest absolute Gasteiger partial charge is 0.478 e. The van der Waals surface area contributed by atoms with Crippen molar-refractivity contribution in [1.82, 2.24) is 0 Å². The standard InChI is InChI=1S/C15H16O3/c1-10(15(17)18)12-7-5-11(6-8-12)9-13-3-2-4-14(13)16/h5-8,13H,1-4,9H2,(H,17,18). The molecule has 0 amide bonds. The van der Waals surface area contributed by atoms with E-state index in [4.69, 9.17) is 5.11 Å². The highest BCUT2D eigenvalue weighted by atomic mass is 16.4. The first kappa shape index (κ1) is 12.6. The highest BCUT2D eigenvalue weighted by Crippen LogP contribution is 2.25. The molecule has 1 aliphatic carbocycles. The van der Waals surface area contributed by atoms with E-state index >= 15 is 0 Å². The number of ketones is 1. The van der Waals surface area contributed by atoms with Crippen molar-refractivity contribution < 1.29 is 14.7 Å². The molecule has 1 saturated carbocycles. The van der Waals surface area contributed by atoms with E-state index in [1.807, 2.05) is 12.1 Å². The second-order valence-corrected chi connectivity index (χ2v) is 4.74. The van der Waals surface area contributed by atoms with Crippen LogP contribution in [-0.4, -0.2) is 16.9 Å². The molecule has 3 heteroatoms. The summed E-state index contributed by atoms with van der Waals surface area (Å²) in [7, 11) is 0. The third kappa shape index (κ3) is 2.67. The number of carboxylic acid groups (broad SMARTS) is 1. The molecule has 0 radical (unpaired) electrons. The Morgan fingerprint density at radius 2 is 2.00 bits per heavy atom. The van der Waals surface area contributed by atoms with Gasteiger partial charge in [0.05, 0.1) is 5.57 Å². The summed E-state index contributed by atoms with van der Waals surface area (Å²) in [5.41, 5.74) is 1.79. The van der Waals surface area contributed by atoms with E-state index in [0.717, 1.165) is 24.8 Å². The first-order chi connectivity index (χ1) is 8.58. The van der Waals surface area contributed by atoms with Crippen molar-refractivity contribution >= 4 is 17.3 Å². The van der Waals surface area contributed by atoms with E-state index in [2.05, 4.69) is 6.58 Å². The van der Waals surface area contributed by atoms with E-state index in [9.17, 15) is 9.59 Å². The third-order valence-electron chi connectivity index (χ3n) is 3.47. The van der Waals surface area contributed by atoms with Crippen molar-refractivity contribution in [2.45, 2.75) is 25.7 Å². The number of hydrogen-bond acceptors (Lipinski definition) is 2. The van der Waals surface area contributed by atoms with Crippen molar-refractivity contribution in [3.8, 4) is 0 Å². The lowest BCUT2D eigenvalue weighted by molar-refractivity contribution is -0.130. The Hall–Kier alpha value is -1.90. The van der Waals surface area contributed by atoms with Gasteiger partial charge in [-0.1, -0.05) is 30.8 Å². The molecule has 1 unspecified atom stereocenters. The summed E-state index contributed by atoms with van der Waals surface area (Å²) in [6.45, 7) is 3.52. The van der Waals surface area contributed by atoms with Crippen LogP contribution in [0.3, 0.4) is 0 Å². The quantitative estimate of drug-likeness (QED) is 0.828. The zero-order chi connectivity index (χ0) is 13.1. The lowest BCUT2D eigenvalue weighted by Crippen LogP contribution is -2.09. The van der Waals surface area contributed by atoms with Gasteiger partial charge in [-0.2, -0.15) is 0 Å². The lowest BCUT2D eigenvalue weighted by atomic mass is 9.96. The second-order valence-electron chi connectivity index (χ2n) is 4.74. The minimum absolute atomic E-state index is 0.0958. The summed E-state index contributed by atoms with van der Waals surface area (Å²) in [4.78, 5) is 22.3. The second kappa shape index (κ2) is 5.17. The molecule has 0 heterocycles. The predicted molar refractivity (Wildman–Crippen MR) is 69.2 cm³/mol. The number of carbonyl (C=O) groups excluding carboxylic acids is 1. The van der Waals surface area contributed by atoms with Crippen LogP contribution >= 0.6 is 0 Å². The van der Waals surface area contributed by atoms with Gasteiger partial charge in [-0.15, -0.1) is 0 Å². The van der Waals surface area contributed by atoms with Gasteiger partial charge in [0.25, 0.3) is 0 Å². The fourth-order valence-corrected chi connectivity index (χ4v) is 2.35. The molecule has 0 bridgehead atoms. The van der Waals surface area contributed by atoms with Gasteiger partial charge in [-0.05, 0) is 30.4 Å². The van der Waals surface area contributed by atoms with Crippen molar-refractivity contribution in [2.24, 2.45) is 5.92 Å². The molecule has 1 aliphatic rings. The molecule has 1 N–H and O–H groups in total. The minimum Gasteiger partial charge on any atom is -0.478 e. The van der Waals surface area contributed by atoms with Gasteiger partial charge in [0.2, 0.25) is 0 Å². The molecule has 1 aromatic carbocycles. The summed E-state index contributed by atoms with van der Waals surface area (Å²) in [6, 6.07) is 7.28. The van der Waals surface area contributed by atoms with Gasteiger partial charge in [-0.3, -0.25) is 4.79 Å². The maximum atomic E-state index is 11.6. The number of carbonyl (C=O) groups is 2. The number of hydrogen-bond donors (Lipinski definition) is 1. The van der Waals surface area contributed by atoms with Crippen LogP contribution in [0, 0.1) is 5.92 Å². The van der Waals surface area contributed by atoms with Crippen LogP contribution in [-0.2, 0) is 16.0 Å². The van der Waals surface area contributed by atoms with Gasteiger partial charge in [-0.25, -0.2) is 4.79 Å². The highest BCUT2D eigenvalue weighted by Gasteiger charge is 2.24. The Bertz CT molecular complexity index is 485. The maximum Gasteiger partial charge on any atom is 0.335 e. The van der Waals surface area contributed by atoms with Gasteiger partial charge in [0.1, 0.15) is 5.78 Å². The van der Waals surface area contributed by atoms with Crippen LogP contribution in [0.5, 0.6) is 0 Å². The van der Waals surface area contributed by atoms with Crippen LogP contribution in [0.2, 0.25) is 0 Å². The number of aliphatic carboxylic acids is 1. The van der Waals surface area contributed by atoms with Crippen molar-refractivity contribution in [3.05, 3.63) is 42.0 Å². The molecule has 0 aromatic heterocycles. The topological polar surface area (TPSA) is 54.4 Å². The van der Waals surface area contributed by atoms with Crippen LogP contribution in [0.25, 0.3) is 5.57 Å². The SMILES string of the molecule is C=C(C(=O)O)c1ccc(CC2CCCC2=O)cc1. The molecule has 2 rings (SSSR count). The van der Waals surface area contributed by atoms with Crippen molar-refractivity contribution in [2.75, 3.05) is 0 Å². The Labute approximate surface area is 106 Å². The Morgan fingerprint density at radius 3 is 2.50 bits per heavy atom. The highest BCUT2D eigenvalue weighted by molar-refractivity contribution is 6.14. The van der Waals surface area contributed by atoms with Gasteiger partial charge in [0.15, 0.2) is 0 Å².